The molecule has 0 aliphatic carbocycles. The number of hydrogen-bond acceptors (Lipinski definition) is 7. The number of amides is 2. The molecule has 0 atom stereocenters. The molecule has 2 amide bonds. The van der Waals surface area contributed by atoms with E-state index in [1.54, 1.807) is 6.08 Å². The van der Waals surface area contributed by atoms with Crippen LogP contribution in [0.4, 0.5) is 5.69 Å². The van der Waals surface area contributed by atoms with Crippen molar-refractivity contribution in [3.05, 3.63) is 74.7 Å². The van der Waals surface area contributed by atoms with E-state index in [0.717, 1.165) is 34.5 Å². The molecule has 3 rings (SSSR count). The third-order valence-corrected chi connectivity index (χ3v) is 6.59. The largest absolute Gasteiger partial charge is 0.494 e. The van der Waals surface area contributed by atoms with Gasteiger partial charge in [0.15, 0.2) is 4.32 Å². The molecular formula is C25H27N3O5S2. The minimum atomic E-state index is -0.593. The zero-order chi connectivity index (χ0) is 25.2. The number of nitro groups is 1. The zero-order valence-electron chi connectivity index (χ0n) is 19.4. The molecule has 0 spiro atoms. The standard InChI is InChI=1S/C25H27N3O5S2/c1-2-3-4-5-6-7-16-33-21-14-8-18(9-15-21)17-22-24(30)27(25(34)35-22)26-23(29)19-10-12-20(13-11-19)28(31)32/h8-15,17H,2-7,16H2,1H3,(H,26,29)/b22-17-. The smallest absolute Gasteiger partial charge is 0.285 e. The van der Waals surface area contributed by atoms with Crippen LogP contribution in [0.5, 0.6) is 5.75 Å². The molecule has 1 fully saturated rings. The quantitative estimate of drug-likeness (QED) is 0.124. The number of carbonyl (C=O) groups excluding carboxylic acids is 2. The van der Waals surface area contributed by atoms with Crippen LogP contribution in [-0.4, -0.2) is 32.7 Å². The van der Waals surface area contributed by atoms with E-state index in [1.807, 2.05) is 24.3 Å². The van der Waals surface area contributed by atoms with Gasteiger partial charge in [0.2, 0.25) is 0 Å². The number of hydrogen-bond donors (Lipinski definition) is 1. The maximum atomic E-state index is 12.8. The number of nitrogens with one attached hydrogen (secondary N) is 1. The van der Waals surface area contributed by atoms with Crippen molar-refractivity contribution in [2.45, 2.75) is 45.4 Å². The van der Waals surface area contributed by atoms with Crippen molar-refractivity contribution in [3.8, 4) is 5.75 Å². The van der Waals surface area contributed by atoms with E-state index in [-0.39, 0.29) is 15.6 Å². The Morgan fingerprint density at radius 2 is 1.74 bits per heavy atom. The highest BCUT2D eigenvalue weighted by molar-refractivity contribution is 8.26. The fourth-order valence-corrected chi connectivity index (χ4v) is 4.53. The Morgan fingerprint density at radius 3 is 2.40 bits per heavy atom. The monoisotopic (exact) mass is 513 g/mol. The predicted molar refractivity (Wildman–Crippen MR) is 141 cm³/mol. The maximum Gasteiger partial charge on any atom is 0.285 e. The normalized spacial score (nSPS) is 14.4. The molecule has 2 aromatic rings. The fraction of sp³-hybridized carbons (Fsp3) is 0.320. The lowest BCUT2D eigenvalue weighted by molar-refractivity contribution is -0.384. The van der Waals surface area contributed by atoms with Crippen LogP contribution in [0.1, 0.15) is 61.4 Å². The third kappa shape index (κ3) is 7.63. The summed E-state index contributed by atoms with van der Waals surface area (Å²) >= 11 is 6.33. The van der Waals surface area contributed by atoms with Crippen LogP contribution in [0.25, 0.3) is 6.08 Å². The molecule has 1 aliphatic heterocycles. The highest BCUT2D eigenvalue weighted by Crippen LogP contribution is 2.31. The van der Waals surface area contributed by atoms with Gasteiger partial charge in [-0.3, -0.25) is 25.1 Å². The first-order valence-corrected chi connectivity index (χ1v) is 12.7. The molecule has 1 heterocycles. The van der Waals surface area contributed by atoms with Gasteiger partial charge in [-0.05, 0) is 54.5 Å². The molecular weight excluding hydrogens is 486 g/mol. The molecule has 0 unspecified atom stereocenters. The molecule has 1 aliphatic rings. The Balaban J connectivity index is 1.53. The van der Waals surface area contributed by atoms with E-state index in [2.05, 4.69) is 12.3 Å². The van der Waals surface area contributed by atoms with E-state index in [9.17, 15) is 19.7 Å². The molecule has 1 N–H and O–H groups in total. The van der Waals surface area contributed by atoms with Crippen LogP contribution in [0.15, 0.2) is 53.4 Å². The Hall–Kier alpha value is -3.24. The lowest BCUT2D eigenvalue weighted by Crippen LogP contribution is -2.44. The minimum Gasteiger partial charge on any atom is -0.494 e. The summed E-state index contributed by atoms with van der Waals surface area (Å²) < 4.78 is 5.98. The first-order chi connectivity index (χ1) is 16.9. The van der Waals surface area contributed by atoms with Crippen LogP contribution in [0.3, 0.4) is 0 Å². The average Bonchev–Trinajstić information content (AvgIpc) is 3.11. The van der Waals surface area contributed by atoms with Gasteiger partial charge in [0.25, 0.3) is 17.5 Å². The number of hydrazine groups is 1. The SMILES string of the molecule is CCCCCCCCOc1ccc(/C=C2\SC(=S)N(NC(=O)c3ccc([N+](=O)[O-])cc3)C2=O)cc1. The topological polar surface area (TPSA) is 102 Å². The van der Waals surface area contributed by atoms with Crippen molar-refractivity contribution >= 4 is 51.9 Å². The number of nitro benzene ring substituents is 1. The van der Waals surface area contributed by atoms with Crippen molar-refractivity contribution in [3.63, 3.8) is 0 Å². The molecule has 1 saturated heterocycles. The average molecular weight is 514 g/mol. The van der Waals surface area contributed by atoms with Crippen molar-refractivity contribution in [2.24, 2.45) is 0 Å². The second-order valence-electron chi connectivity index (χ2n) is 7.95. The van der Waals surface area contributed by atoms with Crippen molar-refractivity contribution in [1.82, 2.24) is 10.4 Å². The predicted octanol–water partition coefficient (Wildman–Crippen LogP) is 5.88. The number of ether oxygens (including phenoxy) is 1. The van der Waals surface area contributed by atoms with Crippen LogP contribution >= 0.6 is 24.0 Å². The Labute approximate surface area is 213 Å². The Morgan fingerprint density at radius 1 is 1.09 bits per heavy atom. The Kier molecular flexibility index (Phi) is 9.80. The van der Waals surface area contributed by atoms with E-state index in [1.165, 1.54) is 56.4 Å². The van der Waals surface area contributed by atoms with Gasteiger partial charge in [0.1, 0.15) is 5.75 Å². The van der Waals surface area contributed by atoms with Crippen molar-refractivity contribution < 1.29 is 19.2 Å². The number of rotatable bonds is 12. The van der Waals surface area contributed by atoms with E-state index >= 15 is 0 Å². The summed E-state index contributed by atoms with van der Waals surface area (Å²) in [5.41, 5.74) is 3.31. The number of thiocarbonyl (C=S) groups is 1. The van der Waals surface area contributed by atoms with Gasteiger partial charge in [-0.2, -0.15) is 5.01 Å². The second kappa shape index (κ2) is 13.0. The summed E-state index contributed by atoms with van der Waals surface area (Å²) in [7, 11) is 0. The number of carbonyl (C=O) groups is 2. The molecule has 0 aromatic heterocycles. The van der Waals surface area contributed by atoms with Crippen LogP contribution in [0.2, 0.25) is 0 Å². The first kappa shape index (κ1) is 26.4. The van der Waals surface area contributed by atoms with E-state index in [0.29, 0.717) is 11.5 Å². The van der Waals surface area contributed by atoms with Gasteiger partial charge in [0.05, 0.1) is 16.4 Å². The summed E-state index contributed by atoms with van der Waals surface area (Å²) in [5.74, 6) is -0.262. The molecule has 10 heteroatoms. The number of non-ortho nitro benzene ring substituents is 1. The van der Waals surface area contributed by atoms with Gasteiger partial charge >= 0.3 is 0 Å². The fourth-order valence-electron chi connectivity index (χ4n) is 3.35. The van der Waals surface area contributed by atoms with Crippen molar-refractivity contribution in [2.75, 3.05) is 6.61 Å². The van der Waals surface area contributed by atoms with Gasteiger partial charge < -0.3 is 4.74 Å². The number of nitrogens with zero attached hydrogens (tertiary/aromatic N) is 2. The van der Waals surface area contributed by atoms with Gasteiger partial charge in [-0.1, -0.05) is 62.9 Å². The number of unbranched alkanes of at least 4 members (excludes halogenated alkanes) is 5. The lowest BCUT2D eigenvalue weighted by atomic mass is 10.1. The Bertz CT molecular complexity index is 1100. The van der Waals surface area contributed by atoms with E-state index in [4.69, 9.17) is 17.0 Å². The highest BCUT2D eigenvalue weighted by atomic mass is 32.2. The van der Waals surface area contributed by atoms with Crippen LogP contribution in [0, 0.1) is 10.1 Å². The van der Waals surface area contributed by atoms with Crippen molar-refractivity contribution in [1.29, 1.82) is 0 Å². The molecule has 0 bridgehead atoms. The summed E-state index contributed by atoms with van der Waals surface area (Å²) in [6, 6.07) is 12.5. The van der Waals surface area contributed by atoms with Gasteiger partial charge in [-0.15, -0.1) is 0 Å². The highest BCUT2D eigenvalue weighted by Gasteiger charge is 2.33. The summed E-state index contributed by atoms with van der Waals surface area (Å²) in [6.07, 6.45) is 8.94. The summed E-state index contributed by atoms with van der Waals surface area (Å²) in [4.78, 5) is 35.9. The zero-order valence-corrected chi connectivity index (χ0v) is 21.0. The lowest BCUT2D eigenvalue weighted by Gasteiger charge is -2.15. The molecule has 0 radical (unpaired) electrons. The molecule has 2 aromatic carbocycles. The first-order valence-electron chi connectivity index (χ1n) is 11.5. The second-order valence-corrected chi connectivity index (χ2v) is 9.62. The number of thioether (sulfide) groups is 1. The molecule has 8 nitrogen and oxygen atoms in total. The van der Waals surface area contributed by atoms with Crippen LogP contribution in [-0.2, 0) is 4.79 Å². The van der Waals surface area contributed by atoms with E-state index < -0.39 is 16.7 Å². The molecule has 184 valence electrons. The molecule has 0 saturated carbocycles. The minimum absolute atomic E-state index is 0.131. The summed E-state index contributed by atoms with van der Waals surface area (Å²) in [6.45, 7) is 2.88. The maximum absolute atomic E-state index is 12.8. The summed E-state index contributed by atoms with van der Waals surface area (Å²) in [5, 5.41) is 11.8. The number of benzene rings is 2. The van der Waals surface area contributed by atoms with Crippen LogP contribution < -0.4 is 10.2 Å². The van der Waals surface area contributed by atoms with Gasteiger partial charge in [0, 0.05) is 17.7 Å². The third-order valence-electron chi connectivity index (χ3n) is 5.29. The van der Waals surface area contributed by atoms with Gasteiger partial charge in [-0.25, -0.2) is 0 Å². The molecule has 35 heavy (non-hydrogen) atoms.